The zero-order valence-electron chi connectivity index (χ0n) is 15.8. The molecule has 2 bridgehead atoms. The Morgan fingerprint density at radius 2 is 1.77 bits per heavy atom. The van der Waals surface area contributed by atoms with Crippen LogP contribution in [0.4, 0.5) is 5.82 Å². The lowest BCUT2D eigenvalue weighted by molar-refractivity contribution is -0.122. The summed E-state index contributed by atoms with van der Waals surface area (Å²) in [7, 11) is 1.94. The maximum Gasteiger partial charge on any atom is 0.228 e. The van der Waals surface area contributed by atoms with E-state index in [1.54, 1.807) is 0 Å². The van der Waals surface area contributed by atoms with E-state index < -0.39 is 0 Å². The number of amides is 1. The van der Waals surface area contributed by atoms with Crippen molar-refractivity contribution in [1.29, 1.82) is 0 Å². The third-order valence-electron chi connectivity index (χ3n) is 6.96. The number of carbonyl (C=O) groups excluding carboxylic acids is 1. The fourth-order valence-corrected chi connectivity index (χ4v) is 5.44. The number of nitrogens with one attached hydrogen (secondary N) is 1. The summed E-state index contributed by atoms with van der Waals surface area (Å²) < 4.78 is 1.84. The molecule has 1 aromatic heterocycles. The van der Waals surface area contributed by atoms with Gasteiger partial charge >= 0.3 is 0 Å². The van der Waals surface area contributed by atoms with Crippen molar-refractivity contribution in [2.24, 2.45) is 30.5 Å². The van der Waals surface area contributed by atoms with Gasteiger partial charge in [-0.15, -0.1) is 12.4 Å². The van der Waals surface area contributed by atoms with Gasteiger partial charge in [0, 0.05) is 31.0 Å². The van der Waals surface area contributed by atoms with E-state index in [2.05, 4.69) is 16.5 Å². The van der Waals surface area contributed by atoms with E-state index >= 15 is 0 Å². The van der Waals surface area contributed by atoms with Crippen LogP contribution in [-0.2, 0) is 11.8 Å². The highest BCUT2D eigenvalue weighted by Crippen LogP contribution is 2.42. The summed E-state index contributed by atoms with van der Waals surface area (Å²) in [6.07, 6.45) is 12.0. The van der Waals surface area contributed by atoms with Gasteiger partial charge in [0.2, 0.25) is 5.91 Å². The number of aryl methyl sites for hydroxylation is 1. The molecule has 0 aliphatic heterocycles. The normalized spacial score (nSPS) is 31.9. The summed E-state index contributed by atoms with van der Waals surface area (Å²) in [6.45, 7) is 0. The number of nitrogens with two attached hydrogens (primary N) is 1. The smallest absolute Gasteiger partial charge is 0.228 e. The second-order valence-electron chi connectivity index (χ2n) is 8.60. The number of anilines is 1. The Labute approximate surface area is 162 Å². The summed E-state index contributed by atoms with van der Waals surface area (Å²) in [4.78, 5) is 12.9. The number of carbonyl (C=O) groups is 1. The maximum atomic E-state index is 12.9. The van der Waals surface area contributed by atoms with Crippen LogP contribution in [-0.4, -0.2) is 21.7 Å². The molecule has 0 saturated heterocycles. The average molecular weight is 381 g/mol. The van der Waals surface area contributed by atoms with Gasteiger partial charge in [0.05, 0.1) is 5.69 Å². The molecule has 0 spiro atoms. The van der Waals surface area contributed by atoms with Crippen LogP contribution in [0.3, 0.4) is 0 Å². The first-order valence-electron chi connectivity index (χ1n) is 10.2. The molecule has 3 saturated carbocycles. The Morgan fingerprint density at radius 1 is 1.12 bits per heavy atom. The van der Waals surface area contributed by atoms with E-state index in [-0.39, 0.29) is 24.2 Å². The molecule has 3 fully saturated rings. The van der Waals surface area contributed by atoms with Crippen LogP contribution >= 0.6 is 12.4 Å². The van der Waals surface area contributed by atoms with Crippen molar-refractivity contribution in [1.82, 2.24) is 9.78 Å². The Hall–Kier alpha value is -1.07. The van der Waals surface area contributed by atoms with E-state index in [1.165, 1.54) is 51.4 Å². The number of hydrogen-bond acceptors (Lipinski definition) is 3. The van der Waals surface area contributed by atoms with Crippen LogP contribution in [0.2, 0.25) is 0 Å². The fraction of sp³-hybridized carbons (Fsp3) is 0.800. The highest BCUT2D eigenvalue weighted by atomic mass is 35.5. The van der Waals surface area contributed by atoms with Gasteiger partial charge in [-0.25, -0.2) is 0 Å². The summed E-state index contributed by atoms with van der Waals surface area (Å²) >= 11 is 0. The molecule has 6 heteroatoms. The Balaban J connectivity index is 0.00000196. The zero-order chi connectivity index (χ0) is 17.4. The van der Waals surface area contributed by atoms with Crippen molar-refractivity contribution in [3.63, 3.8) is 0 Å². The number of aromatic nitrogens is 2. The molecule has 2 atom stereocenters. The third kappa shape index (κ3) is 3.94. The number of halogens is 1. The molecule has 3 aliphatic rings. The molecule has 146 valence electrons. The number of nitrogens with zero attached hydrogens (tertiary/aromatic N) is 2. The van der Waals surface area contributed by atoms with Gasteiger partial charge in [-0.1, -0.05) is 25.7 Å². The fourth-order valence-electron chi connectivity index (χ4n) is 5.44. The largest absolute Gasteiger partial charge is 0.327 e. The van der Waals surface area contributed by atoms with Gasteiger partial charge in [-0.3, -0.25) is 9.48 Å². The maximum absolute atomic E-state index is 12.9. The standard InChI is InChI=1S/C20H32N4O.ClH/c1-24-18(12-17(23-24)13-6-3-2-4-7-13)22-20(25)16-10-14-8-5-9-15(11-16)19(14)21;/h12-16,19H,2-11,21H2,1H3,(H,22,25);1H. The number of fused-ring (bicyclic) bond motifs is 2. The lowest BCUT2D eigenvalue weighted by Crippen LogP contribution is -2.48. The molecule has 2 unspecified atom stereocenters. The molecule has 26 heavy (non-hydrogen) atoms. The van der Waals surface area contributed by atoms with Crippen LogP contribution in [0.15, 0.2) is 6.07 Å². The molecular formula is C20H33ClN4O. The van der Waals surface area contributed by atoms with E-state index in [0.29, 0.717) is 23.8 Å². The van der Waals surface area contributed by atoms with Gasteiger partial charge in [0.15, 0.2) is 0 Å². The minimum Gasteiger partial charge on any atom is -0.327 e. The van der Waals surface area contributed by atoms with Crippen LogP contribution < -0.4 is 11.1 Å². The molecule has 1 aromatic rings. The van der Waals surface area contributed by atoms with Crippen molar-refractivity contribution in [2.75, 3.05) is 5.32 Å². The van der Waals surface area contributed by atoms with Gasteiger partial charge < -0.3 is 11.1 Å². The highest BCUT2D eigenvalue weighted by Gasteiger charge is 2.40. The first-order chi connectivity index (χ1) is 12.1. The summed E-state index contributed by atoms with van der Waals surface area (Å²) in [5, 5.41) is 7.85. The summed E-state index contributed by atoms with van der Waals surface area (Å²) in [5.41, 5.74) is 7.52. The van der Waals surface area contributed by atoms with Crippen molar-refractivity contribution in [3.05, 3.63) is 11.8 Å². The minimum atomic E-state index is 0. The van der Waals surface area contributed by atoms with E-state index in [9.17, 15) is 4.79 Å². The van der Waals surface area contributed by atoms with E-state index in [1.807, 2.05) is 11.7 Å². The Kier molecular flexibility index (Phi) is 6.29. The van der Waals surface area contributed by atoms with Crippen LogP contribution in [0.5, 0.6) is 0 Å². The monoisotopic (exact) mass is 380 g/mol. The molecule has 3 aliphatic carbocycles. The Morgan fingerprint density at radius 3 is 2.42 bits per heavy atom. The van der Waals surface area contributed by atoms with Crippen molar-refractivity contribution < 1.29 is 4.79 Å². The first kappa shape index (κ1) is 19.7. The molecule has 5 nitrogen and oxygen atoms in total. The predicted octanol–water partition coefficient (Wildman–Crippen LogP) is 3.98. The van der Waals surface area contributed by atoms with Crippen LogP contribution in [0.25, 0.3) is 0 Å². The topological polar surface area (TPSA) is 72.9 Å². The molecule has 0 aromatic carbocycles. The van der Waals surface area contributed by atoms with Gasteiger partial charge in [-0.05, 0) is 50.4 Å². The van der Waals surface area contributed by atoms with E-state index in [4.69, 9.17) is 5.73 Å². The van der Waals surface area contributed by atoms with Gasteiger partial charge in [-0.2, -0.15) is 5.10 Å². The second-order valence-corrected chi connectivity index (χ2v) is 8.60. The average Bonchev–Trinajstić information content (AvgIpc) is 2.96. The van der Waals surface area contributed by atoms with Crippen LogP contribution in [0, 0.1) is 17.8 Å². The van der Waals surface area contributed by atoms with E-state index in [0.717, 1.165) is 24.4 Å². The summed E-state index contributed by atoms with van der Waals surface area (Å²) in [5.74, 6) is 2.77. The Bertz CT molecular complexity index is 611. The molecule has 1 amide bonds. The summed E-state index contributed by atoms with van der Waals surface area (Å²) in [6, 6.07) is 2.41. The second kappa shape index (κ2) is 8.30. The zero-order valence-corrected chi connectivity index (χ0v) is 16.6. The number of rotatable bonds is 3. The predicted molar refractivity (Wildman–Crippen MR) is 106 cm³/mol. The molecule has 3 N–H and O–H groups in total. The van der Waals surface area contributed by atoms with Crippen LogP contribution in [0.1, 0.15) is 75.8 Å². The highest BCUT2D eigenvalue weighted by molar-refractivity contribution is 5.92. The lowest BCUT2D eigenvalue weighted by atomic mass is 9.65. The third-order valence-corrected chi connectivity index (χ3v) is 6.96. The van der Waals surface area contributed by atoms with Crippen molar-refractivity contribution >= 4 is 24.1 Å². The molecule has 0 radical (unpaired) electrons. The molecule has 1 heterocycles. The van der Waals surface area contributed by atoms with Crippen molar-refractivity contribution in [2.45, 2.75) is 76.2 Å². The first-order valence-corrected chi connectivity index (χ1v) is 10.2. The van der Waals surface area contributed by atoms with Gasteiger partial charge in [0.25, 0.3) is 0 Å². The SMILES string of the molecule is Cl.Cn1nc(C2CCCCC2)cc1NC(=O)C1CC2CCCC(C1)C2N. The van der Waals surface area contributed by atoms with Crippen molar-refractivity contribution in [3.8, 4) is 0 Å². The quantitative estimate of drug-likeness (QED) is 0.832. The molecule has 4 rings (SSSR count). The lowest BCUT2D eigenvalue weighted by Gasteiger charge is -2.43. The number of hydrogen-bond donors (Lipinski definition) is 2. The molecular weight excluding hydrogens is 348 g/mol. The minimum absolute atomic E-state index is 0. The van der Waals surface area contributed by atoms with Gasteiger partial charge in [0.1, 0.15) is 5.82 Å².